The van der Waals surface area contributed by atoms with E-state index in [4.69, 9.17) is 9.47 Å². The van der Waals surface area contributed by atoms with Crippen LogP contribution in [-0.2, 0) is 9.59 Å². The Morgan fingerprint density at radius 2 is 1.65 bits per heavy atom. The molecule has 6 nitrogen and oxygen atoms in total. The molecule has 0 aliphatic heterocycles. The lowest BCUT2D eigenvalue weighted by atomic mass is 10.1. The SMILES string of the molecule is COc1ccc(N(CC(=O)Nc2cc(C)cc(C)c2)C(C)=O)c(OC)c1. The van der Waals surface area contributed by atoms with Crippen LogP contribution in [0.5, 0.6) is 11.5 Å². The largest absolute Gasteiger partial charge is 0.497 e. The number of nitrogens with zero attached hydrogens (tertiary/aromatic N) is 1. The third-order valence-corrected chi connectivity index (χ3v) is 3.86. The molecule has 1 N–H and O–H groups in total. The Labute approximate surface area is 153 Å². The van der Waals surface area contributed by atoms with Crippen LogP contribution >= 0.6 is 0 Å². The van der Waals surface area contributed by atoms with E-state index in [9.17, 15) is 9.59 Å². The lowest BCUT2D eigenvalue weighted by Gasteiger charge is -2.23. The molecule has 0 radical (unpaired) electrons. The Morgan fingerprint density at radius 3 is 2.19 bits per heavy atom. The Balaban J connectivity index is 2.23. The van der Waals surface area contributed by atoms with Gasteiger partial charge in [0, 0.05) is 18.7 Å². The number of aryl methyl sites for hydroxylation is 2. The van der Waals surface area contributed by atoms with Crippen LogP contribution < -0.4 is 19.7 Å². The van der Waals surface area contributed by atoms with Gasteiger partial charge in [0.2, 0.25) is 11.8 Å². The van der Waals surface area contributed by atoms with Crippen molar-refractivity contribution in [1.29, 1.82) is 0 Å². The molecule has 26 heavy (non-hydrogen) atoms. The van der Waals surface area contributed by atoms with E-state index < -0.39 is 0 Å². The standard InChI is InChI=1S/C20H24N2O4/c1-13-8-14(2)10-16(9-13)21-20(24)12-22(15(3)23)18-7-6-17(25-4)11-19(18)26-5/h6-11H,12H2,1-5H3,(H,21,24). The van der Waals surface area contributed by atoms with Gasteiger partial charge in [0.05, 0.1) is 19.9 Å². The molecule has 0 aliphatic carbocycles. The van der Waals surface area contributed by atoms with Crippen molar-refractivity contribution in [3.63, 3.8) is 0 Å². The molecule has 2 aromatic carbocycles. The molecule has 0 heterocycles. The molecule has 0 unspecified atom stereocenters. The van der Waals surface area contributed by atoms with E-state index in [2.05, 4.69) is 5.32 Å². The van der Waals surface area contributed by atoms with Crippen LogP contribution in [-0.4, -0.2) is 32.6 Å². The van der Waals surface area contributed by atoms with Crippen LogP contribution in [0.2, 0.25) is 0 Å². The van der Waals surface area contributed by atoms with Gasteiger partial charge in [-0.3, -0.25) is 14.5 Å². The van der Waals surface area contributed by atoms with E-state index in [0.717, 1.165) is 11.1 Å². The van der Waals surface area contributed by atoms with Crippen LogP contribution in [0.4, 0.5) is 11.4 Å². The topological polar surface area (TPSA) is 67.9 Å². The lowest BCUT2D eigenvalue weighted by Crippen LogP contribution is -2.37. The highest BCUT2D eigenvalue weighted by Crippen LogP contribution is 2.32. The van der Waals surface area contributed by atoms with Crippen LogP contribution in [0.3, 0.4) is 0 Å². The fourth-order valence-electron chi connectivity index (χ4n) is 2.77. The minimum Gasteiger partial charge on any atom is -0.497 e. The number of anilines is 2. The smallest absolute Gasteiger partial charge is 0.244 e. The predicted molar refractivity (Wildman–Crippen MR) is 102 cm³/mol. The summed E-state index contributed by atoms with van der Waals surface area (Å²) in [5, 5.41) is 2.84. The first-order chi connectivity index (χ1) is 12.3. The number of hydrogen-bond donors (Lipinski definition) is 1. The Morgan fingerprint density at radius 1 is 1.00 bits per heavy atom. The molecule has 6 heteroatoms. The third-order valence-electron chi connectivity index (χ3n) is 3.86. The minimum absolute atomic E-state index is 0.120. The van der Waals surface area contributed by atoms with Crippen molar-refractivity contribution in [3.8, 4) is 11.5 Å². The maximum absolute atomic E-state index is 12.5. The van der Waals surface area contributed by atoms with Gasteiger partial charge in [-0.15, -0.1) is 0 Å². The van der Waals surface area contributed by atoms with E-state index >= 15 is 0 Å². The molecular weight excluding hydrogens is 332 g/mol. The van der Waals surface area contributed by atoms with Crippen LogP contribution in [0, 0.1) is 13.8 Å². The molecule has 2 amide bonds. The first kappa shape index (κ1) is 19.3. The zero-order valence-corrected chi connectivity index (χ0v) is 15.8. The maximum Gasteiger partial charge on any atom is 0.244 e. The fourth-order valence-corrected chi connectivity index (χ4v) is 2.77. The second kappa shape index (κ2) is 8.38. The molecule has 0 fully saturated rings. The summed E-state index contributed by atoms with van der Waals surface area (Å²) in [5.74, 6) is 0.514. The van der Waals surface area contributed by atoms with Crippen molar-refractivity contribution >= 4 is 23.2 Å². The number of benzene rings is 2. The summed E-state index contributed by atoms with van der Waals surface area (Å²) >= 11 is 0. The molecule has 0 atom stereocenters. The highest BCUT2D eigenvalue weighted by molar-refractivity contribution is 6.02. The summed E-state index contributed by atoms with van der Waals surface area (Å²) in [7, 11) is 3.06. The van der Waals surface area contributed by atoms with Gasteiger partial charge < -0.3 is 14.8 Å². The van der Waals surface area contributed by atoms with E-state index in [0.29, 0.717) is 22.9 Å². The molecular formula is C20H24N2O4. The average Bonchev–Trinajstić information content (AvgIpc) is 2.58. The lowest BCUT2D eigenvalue weighted by molar-refractivity contribution is -0.120. The normalized spacial score (nSPS) is 10.2. The molecule has 0 aliphatic rings. The van der Waals surface area contributed by atoms with Crippen molar-refractivity contribution in [2.75, 3.05) is 31.0 Å². The summed E-state index contributed by atoms with van der Waals surface area (Å²) in [4.78, 5) is 26.0. The van der Waals surface area contributed by atoms with Crippen LogP contribution in [0.25, 0.3) is 0 Å². The number of ether oxygens (including phenoxy) is 2. The highest BCUT2D eigenvalue weighted by atomic mass is 16.5. The molecule has 2 rings (SSSR count). The highest BCUT2D eigenvalue weighted by Gasteiger charge is 2.20. The van der Waals surface area contributed by atoms with Crippen molar-refractivity contribution in [1.82, 2.24) is 0 Å². The van der Waals surface area contributed by atoms with Crippen LogP contribution in [0.15, 0.2) is 36.4 Å². The van der Waals surface area contributed by atoms with Gasteiger partial charge in [0.1, 0.15) is 18.0 Å². The monoisotopic (exact) mass is 356 g/mol. The molecule has 0 spiro atoms. The van der Waals surface area contributed by atoms with Gasteiger partial charge in [-0.25, -0.2) is 0 Å². The van der Waals surface area contributed by atoms with Crippen molar-refractivity contribution in [3.05, 3.63) is 47.5 Å². The summed E-state index contributed by atoms with van der Waals surface area (Å²) in [6, 6.07) is 10.9. The molecule has 0 saturated carbocycles. The summed E-state index contributed by atoms with van der Waals surface area (Å²) < 4.78 is 10.5. The van der Waals surface area contributed by atoms with Crippen molar-refractivity contribution in [2.45, 2.75) is 20.8 Å². The molecule has 138 valence electrons. The molecule has 0 aromatic heterocycles. The first-order valence-electron chi connectivity index (χ1n) is 8.22. The van der Waals surface area contributed by atoms with Gasteiger partial charge in [-0.1, -0.05) is 6.07 Å². The maximum atomic E-state index is 12.5. The van der Waals surface area contributed by atoms with E-state index in [1.807, 2.05) is 32.0 Å². The van der Waals surface area contributed by atoms with Gasteiger partial charge in [0.25, 0.3) is 0 Å². The Hall–Kier alpha value is -3.02. The second-order valence-corrected chi connectivity index (χ2v) is 6.07. The van der Waals surface area contributed by atoms with E-state index in [1.165, 1.54) is 18.9 Å². The second-order valence-electron chi connectivity index (χ2n) is 6.07. The Kier molecular flexibility index (Phi) is 6.22. The zero-order chi connectivity index (χ0) is 19.3. The average molecular weight is 356 g/mol. The van der Waals surface area contributed by atoms with Gasteiger partial charge in [-0.2, -0.15) is 0 Å². The first-order valence-corrected chi connectivity index (χ1v) is 8.22. The van der Waals surface area contributed by atoms with E-state index in [-0.39, 0.29) is 18.4 Å². The fraction of sp³-hybridized carbons (Fsp3) is 0.300. The van der Waals surface area contributed by atoms with Gasteiger partial charge in [-0.05, 0) is 49.2 Å². The third kappa shape index (κ3) is 4.75. The summed E-state index contributed by atoms with van der Waals surface area (Å²) in [5.41, 5.74) is 3.33. The number of rotatable bonds is 6. The molecule has 0 bridgehead atoms. The number of amides is 2. The molecule has 0 saturated heterocycles. The van der Waals surface area contributed by atoms with Crippen molar-refractivity contribution in [2.24, 2.45) is 0 Å². The van der Waals surface area contributed by atoms with E-state index in [1.54, 1.807) is 25.3 Å². The van der Waals surface area contributed by atoms with Crippen molar-refractivity contribution < 1.29 is 19.1 Å². The molecule has 2 aromatic rings. The van der Waals surface area contributed by atoms with Gasteiger partial charge >= 0.3 is 0 Å². The number of carbonyl (C=O) groups excluding carboxylic acids is 2. The minimum atomic E-state index is -0.289. The summed E-state index contributed by atoms with van der Waals surface area (Å²) in [6.07, 6.45) is 0. The predicted octanol–water partition coefficient (Wildman–Crippen LogP) is 3.31. The number of nitrogens with one attached hydrogen (secondary N) is 1. The summed E-state index contributed by atoms with van der Waals surface area (Å²) in [6.45, 7) is 5.22. The zero-order valence-electron chi connectivity index (χ0n) is 15.8. The Bertz CT molecular complexity index is 797. The number of hydrogen-bond acceptors (Lipinski definition) is 4. The number of methoxy groups -OCH3 is 2. The van der Waals surface area contributed by atoms with Gasteiger partial charge in [0.15, 0.2) is 0 Å². The van der Waals surface area contributed by atoms with Crippen LogP contribution in [0.1, 0.15) is 18.1 Å². The number of carbonyl (C=O) groups is 2. The quantitative estimate of drug-likeness (QED) is 0.862.